The zero-order chi connectivity index (χ0) is 15.3. The van der Waals surface area contributed by atoms with Crippen LogP contribution in [0, 0.1) is 17.8 Å². The number of sulfonamides is 1. The van der Waals surface area contributed by atoms with Gasteiger partial charge in [-0.05, 0) is 19.4 Å². The third kappa shape index (κ3) is 4.25. The zero-order valence-electron chi connectivity index (χ0n) is 11.9. The average Bonchev–Trinajstić information content (AvgIpc) is 2.89. The number of nitrogens with two attached hydrogens (primary N) is 1. The van der Waals surface area contributed by atoms with Crippen molar-refractivity contribution in [1.29, 1.82) is 0 Å². The Hall–Kier alpha value is -1.46. The molecule has 1 fully saturated rings. The van der Waals surface area contributed by atoms with Crippen molar-refractivity contribution in [3.63, 3.8) is 0 Å². The molecule has 0 spiro atoms. The highest BCUT2D eigenvalue weighted by Crippen LogP contribution is 2.20. The number of aromatic nitrogens is 1. The molecule has 2 heterocycles. The Balaban J connectivity index is 2.08. The highest BCUT2D eigenvalue weighted by atomic mass is 32.2. The summed E-state index contributed by atoms with van der Waals surface area (Å²) in [5.41, 5.74) is 5.82. The van der Waals surface area contributed by atoms with Crippen LogP contribution in [0.25, 0.3) is 0 Å². The van der Waals surface area contributed by atoms with Crippen LogP contribution >= 0.6 is 0 Å². The lowest BCUT2D eigenvalue weighted by Gasteiger charge is -2.14. The molecule has 114 valence electrons. The van der Waals surface area contributed by atoms with Crippen LogP contribution in [-0.4, -0.2) is 39.2 Å². The minimum atomic E-state index is -3.59. The summed E-state index contributed by atoms with van der Waals surface area (Å²) >= 11 is 0. The monoisotopic (exact) mass is 309 g/mol. The number of hydrogen-bond acceptors (Lipinski definition) is 5. The van der Waals surface area contributed by atoms with E-state index in [1.807, 2.05) is 6.92 Å². The fourth-order valence-corrected chi connectivity index (χ4v) is 3.21. The van der Waals surface area contributed by atoms with Gasteiger partial charge in [-0.25, -0.2) is 13.1 Å². The van der Waals surface area contributed by atoms with Gasteiger partial charge in [0, 0.05) is 37.0 Å². The predicted molar refractivity (Wildman–Crippen MR) is 78.9 cm³/mol. The predicted octanol–water partition coefficient (Wildman–Crippen LogP) is 0.0951. The summed E-state index contributed by atoms with van der Waals surface area (Å²) in [6.45, 7) is 3.22. The van der Waals surface area contributed by atoms with Gasteiger partial charge in [0.1, 0.15) is 4.90 Å². The fourth-order valence-electron chi connectivity index (χ4n) is 2.13. The van der Waals surface area contributed by atoms with Crippen LogP contribution in [0.1, 0.15) is 18.9 Å². The van der Waals surface area contributed by atoms with E-state index in [9.17, 15) is 8.42 Å². The first-order valence-corrected chi connectivity index (χ1v) is 8.26. The first kappa shape index (κ1) is 15.9. The van der Waals surface area contributed by atoms with Crippen LogP contribution in [0.5, 0.6) is 0 Å². The lowest BCUT2D eigenvalue weighted by atomic mass is 10.0. The van der Waals surface area contributed by atoms with Crippen LogP contribution in [0.2, 0.25) is 0 Å². The maximum absolute atomic E-state index is 12.3. The van der Waals surface area contributed by atoms with Gasteiger partial charge in [-0.2, -0.15) is 0 Å². The first-order valence-electron chi connectivity index (χ1n) is 6.78. The van der Waals surface area contributed by atoms with E-state index in [0.29, 0.717) is 18.7 Å². The molecule has 0 radical (unpaired) electrons. The van der Waals surface area contributed by atoms with Crippen LogP contribution in [0.3, 0.4) is 0 Å². The number of pyridine rings is 1. The molecule has 2 rings (SSSR count). The Kier molecular flexibility index (Phi) is 5.31. The molecule has 7 heteroatoms. The Morgan fingerprint density at radius 2 is 2.33 bits per heavy atom. The molecule has 2 unspecified atom stereocenters. The quantitative estimate of drug-likeness (QED) is 0.769. The largest absolute Gasteiger partial charge is 0.378 e. The van der Waals surface area contributed by atoms with Crippen molar-refractivity contribution >= 4 is 10.0 Å². The van der Waals surface area contributed by atoms with Crippen molar-refractivity contribution in [3.8, 4) is 11.8 Å². The summed E-state index contributed by atoms with van der Waals surface area (Å²) in [5.74, 6) is 5.64. The van der Waals surface area contributed by atoms with Crippen LogP contribution < -0.4 is 10.5 Å². The molecule has 0 aliphatic carbocycles. The van der Waals surface area contributed by atoms with E-state index in [-0.39, 0.29) is 23.5 Å². The molecule has 21 heavy (non-hydrogen) atoms. The molecule has 1 aromatic rings. The fraction of sp³-hybridized carbons (Fsp3) is 0.500. The Bertz CT molecular complexity index is 649. The van der Waals surface area contributed by atoms with E-state index >= 15 is 0 Å². The third-order valence-electron chi connectivity index (χ3n) is 3.43. The average molecular weight is 309 g/mol. The van der Waals surface area contributed by atoms with Gasteiger partial charge >= 0.3 is 0 Å². The number of hydrogen-bond donors (Lipinski definition) is 2. The second kappa shape index (κ2) is 7.00. The number of nitrogens with one attached hydrogen (secondary N) is 1. The molecule has 0 bridgehead atoms. The standard InChI is InChI=1S/C14H19N3O3S/c1-11-13(4-6-20-11)9-17-21(18,19)14-7-12(3-2-5-15)8-16-10-14/h7-8,10-11,13,17H,4-6,9,15H2,1H3. The van der Waals surface area contributed by atoms with Crippen LogP contribution in [-0.2, 0) is 14.8 Å². The number of ether oxygens (including phenoxy) is 1. The van der Waals surface area contributed by atoms with Crippen molar-refractivity contribution in [2.45, 2.75) is 24.3 Å². The van der Waals surface area contributed by atoms with E-state index in [1.165, 1.54) is 18.5 Å². The van der Waals surface area contributed by atoms with Crippen molar-refractivity contribution in [2.75, 3.05) is 19.7 Å². The van der Waals surface area contributed by atoms with Gasteiger partial charge in [0.2, 0.25) is 10.0 Å². The summed E-state index contributed by atoms with van der Waals surface area (Å²) in [6.07, 6.45) is 3.76. The smallest absolute Gasteiger partial charge is 0.242 e. The highest BCUT2D eigenvalue weighted by molar-refractivity contribution is 7.89. The van der Waals surface area contributed by atoms with E-state index in [0.717, 1.165) is 6.42 Å². The number of nitrogens with zero attached hydrogens (tertiary/aromatic N) is 1. The Labute approximate surface area is 125 Å². The van der Waals surface area contributed by atoms with E-state index in [1.54, 1.807) is 0 Å². The summed E-state index contributed by atoms with van der Waals surface area (Å²) in [4.78, 5) is 4.02. The topological polar surface area (TPSA) is 94.3 Å². The van der Waals surface area contributed by atoms with Crippen LogP contribution in [0.15, 0.2) is 23.4 Å². The van der Waals surface area contributed by atoms with Crippen molar-refractivity contribution < 1.29 is 13.2 Å². The minimum absolute atomic E-state index is 0.0765. The van der Waals surface area contributed by atoms with Crippen molar-refractivity contribution in [3.05, 3.63) is 24.0 Å². The summed E-state index contributed by atoms with van der Waals surface area (Å²) in [6, 6.07) is 1.49. The second-order valence-corrected chi connectivity index (χ2v) is 6.66. The molecule has 0 saturated carbocycles. The van der Waals surface area contributed by atoms with Gasteiger partial charge in [0.25, 0.3) is 0 Å². The minimum Gasteiger partial charge on any atom is -0.378 e. The summed E-state index contributed by atoms with van der Waals surface area (Å²) in [7, 11) is -3.59. The van der Waals surface area contributed by atoms with E-state index < -0.39 is 10.0 Å². The zero-order valence-corrected chi connectivity index (χ0v) is 12.7. The molecular weight excluding hydrogens is 290 g/mol. The molecule has 1 aromatic heterocycles. The van der Waals surface area contributed by atoms with Crippen molar-refractivity contribution in [1.82, 2.24) is 9.71 Å². The van der Waals surface area contributed by atoms with Gasteiger partial charge in [0.15, 0.2) is 0 Å². The molecule has 1 aliphatic heterocycles. The van der Waals surface area contributed by atoms with Gasteiger partial charge in [-0.3, -0.25) is 4.98 Å². The molecule has 0 aromatic carbocycles. The maximum Gasteiger partial charge on any atom is 0.242 e. The Morgan fingerprint density at radius 1 is 1.52 bits per heavy atom. The molecule has 6 nitrogen and oxygen atoms in total. The maximum atomic E-state index is 12.3. The molecule has 1 aliphatic rings. The molecule has 0 amide bonds. The van der Waals surface area contributed by atoms with Crippen LogP contribution in [0.4, 0.5) is 0 Å². The summed E-state index contributed by atoms with van der Waals surface area (Å²) < 4.78 is 32.5. The van der Waals surface area contributed by atoms with Gasteiger partial charge in [-0.1, -0.05) is 11.8 Å². The molecule has 2 atom stereocenters. The number of rotatable bonds is 4. The van der Waals surface area contributed by atoms with Crippen molar-refractivity contribution in [2.24, 2.45) is 11.7 Å². The van der Waals surface area contributed by atoms with Gasteiger partial charge in [-0.15, -0.1) is 0 Å². The molecular formula is C14H19N3O3S. The lowest BCUT2D eigenvalue weighted by molar-refractivity contribution is 0.107. The first-order chi connectivity index (χ1) is 10.0. The van der Waals surface area contributed by atoms with E-state index in [4.69, 9.17) is 10.5 Å². The SMILES string of the molecule is CC1OCCC1CNS(=O)(=O)c1cncc(C#CCN)c1. The van der Waals surface area contributed by atoms with E-state index in [2.05, 4.69) is 21.5 Å². The second-order valence-electron chi connectivity index (χ2n) is 4.89. The third-order valence-corrected chi connectivity index (χ3v) is 4.82. The molecule has 3 N–H and O–H groups in total. The summed E-state index contributed by atoms with van der Waals surface area (Å²) in [5, 5.41) is 0. The van der Waals surface area contributed by atoms with Gasteiger partial charge in [0.05, 0.1) is 12.6 Å². The Morgan fingerprint density at radius 3 is 3.00 bits per heavy atom. The normalized spacial score (nSPS) is 21.8. The molecule has 1 saturated heterocycles. The highest BCUT2D eigenvalue weighted by Gasteiger charge is 2.26. The lowest BCUT2D eigenvalue weighted by Crippen LogP contribution is -2.32. The van der Waals surface area contributed by atoms with Gasteiger partial charge < -0.3 is 10.5 Å².